The first kappa shape index (κ1) is 50.5. The SMILES string of the molecule is CCCCCCCCCCCCCCC/C=C/CC/C=C/CC/C=C/CCCC(O)C(O)C(CO)NC(=O)C(O)CCCCCCCCCCCC. The molecule has 0 aromatic carbocycles. The van der Waals surface area contributed by atoms with Gasteiger partial charge in [-0.15, -0.1) is 0 Å². The number of nitrogens with one attached hydrogen (secondary N) is 1. The summed E-state index contributed by atoms with van der Waals surface area (Å²) < 4.78 is 0. The van der Waals surface area contributed by atoms with E-state index in [-0.39, 0.29) is 0 Å². The first-order chi connectivity index (χ1) is 25.5. The third-order valence-electron chi connectivity index (χ3n) is 10.3. The molecule has 5 N–H and O–H groups in total. The molecule has 0 radical (unpaired) electrons. The van der Waals surface area contributed by atoms with Gasteiger partial charge < -0.3 is 25.7 Å². The second-order valence-electron chi connectivity index (χ2n) is 15.4. The smallest absolute Gasteiger partial charge is 0.249 e. The van der Waals surface area contributed by atoms with Crippen molar-refractivity contribution in [3.8, 4) is 0 Å². The molecule has 0 aliphatic heterocycles. The summed E-state index contributed by atoms with van der Waals surface area (Å²) in [7, 11) is 0. The Bertz CT molecular complexity index is 828. The molecule has 6 nitrogen and oxygen atoms in total. The topological polar surface area (TPSA) is 110 Å². The predicted molar refractivity (Wildman–Crippen MR) is 224 cm³/mol. The Morgan fingerprint density at radius 1 is 0.462 bits per heavy atom. The lowest BCUT2D eigenvalue weighted by atomic mass is 10.00. The summed E-state index contributed by atoms with van der Waals surface area (Å²) in [4.78, 5) is 12.4. The summed E-state index contributed by atoms with van der Waals surface area (Å²) >= 11 is 0. The second-order valence-corrected chi connectivity index (χ2v) is 15.4. The molecular weight excluding hydrogens is 647 g/mol. The zero-order chi connectivity index (χ0) is 38.2. The van der Waals surface area contributed by atoms with Crippen molar-refractivity contribution in [3.63, 3.8) is 0 Å². The summed E-state index contributed by atoms with van der Waals surface area (Å²) in [6.07, 6.45) is 47.7. The fraction of sp³-hybridized carbons (Fsp3) is 0.848. The number of hydrogen-bond acceptors (Lipinski definition) is 5. The Labute approximate surface area is 322 Å². The molecule has 0 aliphatic rings. The fourth-order valence-corrected chi connectivity index (χ4v) is 6.73. The average Bonchev–Trinajstić information content (AvgIpc) is 3.15. The van der Waals surface area contributed by atoms with Gasteiger partial charge in [0.15, 0.2) is 0 Å². The van der Waals surface area contributed by atoms with E-state index in [4.69, 9.17) is 0 Å². The number of unbranched alkanes of at least 4 members (excludes halogenated alkanes) is 25. The van der Waals surface area contributed by atoms with Crippen LogP contribution in [0.1, 0.15) is 219 Å². The molecule has 0 saturated carbocycles. The van der Waals surface area contributed by atoms with Crippen LogP contribution in [0.3, 0.4) is 0 Å². The van der Waals surface area contributed by atoms with Crippen molar-refractivity contribution in [2.24, 2.45) is 0 Å². The minimum absolute atomic E-state index is 0.359. The number of carbonyl (C=O) groups is 1. The molecule has 0 aromatic heterocycles. The van der Waals surface area contributed by atoms with Crippen molar-refractivity contribution in [2.45, 2.75) is 244 Å². The van der Waals surface area contributed by atoms with Gasteiger partial charge in [-0.1, -0.05) is 192 Å². The normalized spacial score (nSPS) is 14.5. The van der Waals surface area contributed by atoms with Gasteiger partial charge in [0, 0.05) is 0 Å². The highest BCUT2D eigenvalue weighted by molar-refractivity contribution is 5.80. The van der Waals surface area contributed by atoms with Gasteiger partial charge in [0.25, 0.3) is 0 Å². The number of hydrogen-bond donors (Lipinski definition) is 5. The minimum atomic E-state index is -1.29. The maximum atomic E-state index is 12.4. The molecule has 0 heterocycles. The lowest BCUT2D eigenvalue weighted by Gasteiger charge is -2.27. The molecule has 0 aliphatic carbocycles. The third kappa shape index (κ3) is 34.3. The van der Waals surface area contributed by atoms with Crippen LogP contribution in [-0.2, 0) is 4.79 Å². The lowest BCUT2D eigenvalue weighted by molar-refractivity contribution is -0.132. The molecule has 0 bridgehead atoms. The third-order valence-corrected chi connectivity index (χ3v) is 10.3. The van der Waals surface area contributed by atoms with E-state index in [9.17, 15) is 25.2 Å². The van der Waals surface area contributed by atoms with Crippen molar-refractivity contribution >= 4 is 5.91 Å². The van der Waals surface area contributed by atoms with Crippen LogP contribution in [-0.4, -0.2) is 57.3 Å². The van der Waals surface area contributed by atoms with E-state index in [1.807, 2.05) is 0 Å². The fourth-order valence-electron chi connectivity index (χ4n) is 6.73. The van der Waals surface area contributed by atoms with Crippen molar-refractivity contribution in [3.05, 3.63) is 36.5 Å². The molecule has 6 heteroatoms. The summed E-state index contributed by atoms with van der Waals surface area (Å²) in [5, 5.41) is 43.5. The molecular formula is C46H87NO5. The molecule has 52 heavy (non-hydrogen) atoms. The largest absolute Gasteiger partial charge is 0.394 e. The number of carbonyl (C=O) groups excluding carboxylic acids is 1. The van der Waals surface area contributed by atoms with Crippen LogP contribution in [0.2, 0.25) is 0 Å². The van der Waals surface area contributed by atoms with E-state index in [0.29, 0.717) is 19.3 Å². The zero-order valence-electron chi connectivity index (χ0n) is 34.3. The monoisotopic (exact) mass is 734 g/mol. The average molecular weight is 734 g/mol. The Kier molecular flexibility index (Phi) is 39.6. The Balaban J connectivity index is 3.76. The Hall–Kier alpha value is -1.47. The van der Waals surface area contributed by atoms with Crippen LogP contribution in [0, 0.1) is 0 Å². The summed E-state index contributed by atoms with van der Waals surface area (Å²) in [6, 6.07) is -1.01. The van der Waals surface area contributed by atoms with Crippen molar-refractivity contribution in [2.75, 3.05) is 6.61 Å². The van der Waals surface area contributed by atoms with Crippen molar-refractivity contribution in [1.82, 2.24) is 5.32 Å². The van der Waals surface area contributed by atoms with Gasteiger partial charge >= 0.3 is 0 Å². The van der Waals surface area contributed by atoms with E-state index < -0.39 is 36.9 Å². The number of amides is 1. The van der Waals surface area contributed by atoms with Crippen LogP contribution in [0.4, 0.5) is 0 Å². The number of allylic oxidation sites excluding steroid dienone is 6. The maximum Gasteiger partial charge on any atom is 0.249 e. The van der Waals surface area contributed by atoms with Gasteiger partial charge in [-0.2, -0.15) is 0 Å². The Morgan fingerprint density at radius 3 is 1.21 bits per heavy atom. The highest BCUT2D eigenvalue weighted by Crippen LogP contribution is 2.15. The maximum absolute atomic E-state index is 12.4. The van der Waals surface area contributed by atoms with Gasteiger partial charge in [-0.05, 0) is 64.2 Å². The van der Waals surface area contributed by atoms with Crippen LogP contribution in [0.5, 0.6) is 0 Å². The first-order valence-corrected chi connectivity index (χ1v) is 22.4. The summed E-state index contributed by atoms with van der Waals surface area (Å²) in [5.41, 5.74) is 0. The zero-order valence-corrected chi connectivity index (χ0v) is 34.3. The number of aliphatic hydroxyl groups is 4. The van der Waals surface area contributed by atoms with Crippen LogP contribution in [0.15, 0.2) is 36.5 Å². The minimum Gasteiger partial charge on any atom is -0.394 e. The van der Waals surface area contributed by atoms with Crippen LogP contribution < -0.4 is 5.32 Å². The molecule has 306 valence electrons. The van der Waals surface area contributed by atoms with Crippen molar-refractivity contribution < 1.29 is 25.2 Å². The molecule has 4 atom stereocenters. The van der Waals surface area contributed by atoms with E-state index >= 15 is 0 Å². The Morgan fingerprint density at radius 2 is 0.808 bits per heavy atom. The van der Waals surface area contributed by atoms with E-state index in [0.717, 1.165) is 51.4 Å². The molecule has 0 fully saturated rings. The second kappa shape index (κ2) is 40.7. The lowest BCUT2D eigenvalue weighted by Crippen LogP contribution is -2.53. The van der Waals surface area contributed by atoms with Crippen LogP contribution in [0.25, 0.3) is 0 Å². The highest BCUT2D eigenvalue weighted by atomic mass is 16.3. The molecule has 0 spiro atoms. The molecule has 4 unspecified atom stereocenters. The van der Waals surface area contributed by atoms with Gasteiger partial charge in [-0.25, -0.2) is 0 Å². The first-order valence-electron chi connectivity index (χ1n) is 22.4. The summed E-state index contributed by atoms with van der Waals surface area (Å²) in [6.45, 7) is 4.01. The van der Waals surface area contributed by atoms with Gasteiger partial charge in [-0.3, -0.25) is 4.79 Å². The highest BCUT2D eigenvalue weighted by Gasteiger charge is 2.28. The van der Waals surface area contributed by atoms with Gasteiger partial charge in [0.05, 0.1) is 18.8 Å². The molecule has 0 saturated heterocycles. The standard InChI is InChI=1S/C46H87NO5/c1-3-5-7-9-11-13-15-16-17-18-19-20-21-22-23-24-25-26-27-28-29-30-32-33-35-37-39-43(49)45(51)42(41-48)47-46(52)44(50)40-38-36-34-31-14-12-10-8-6-4-2/h23-24,27-28,32-33,42-45,48-51H,3-22,25-26,29-31,34-41H2,1-2H3,(H,47,52)/b24-23+,28-27+,33-32+. The number of rotatable bonds is 40. The van der Waals surface area contributed by atoms with E-state index in [1.165, 1.54) is 135 Å². The van der Waals surface area contributed by atoms with Crippen LogP contribution >= 0.6 is 0 Å². The predicted octanol–water partition coefficient (Wildman–Crippen LogP) is 11.7. The van der Waals surface area contributed by atoms with E-state index in [1.54, 1.807) is 0 Å². The van der Waals surface area contributed by atoms with E-state index in [2.05, 4.69) is 55.6 Å². The summed E-state index contributed by atoms with van der Waals surface area (Å²) in [5.74, 6) is -0.602. The number of aliphatic hydroxyl groups excluding tert-OH is 4. The molecule has 0 rings (SSSR count). The van der Waals surface area contributed by atoms with Gasteiger partial charge in [0.1, 0.15) is 12.2 Å². The molecule has 0 aromatic rings. The van der Waals surface area contributed by atoms with Gasteiger partial charge in [0.2, 0.25) is 5.91 Å². The quantitative estimate of drug-likeness (QED) is 0.0318. The molecule has 1 amide bonds. The van der Waals surface area contributed by atoms with Crippen molar-refractivity contribution in [1.29, 1.82) is 0 Å².